The molecule has 43 heteroatoms. The van der Waals surface area contributed by atoms with Gasteiger partial charge in [0.15, 0.2) is 27.7 Å². The Morgan fingerprint density at radius 2 is 0.795 bits per heavy atom. The van der Waals surface area contributed by atoms with Gasteiger partial charge in [0.1, 0.15) is 51.2 Å². The van der Waals surface area contributed by atoms with Crippen molar-refractivity contribution in [2.75, 3.05) is 71.0 Å². The minimum Gasteiger partial charge on any atom is -0.497 e. The summed E-state index contributed by atoms with van der Waals surface area (Å²) in [5.74, 6) is 0.249. The van der Waals surface area contributed by atoms with Gasteiger partial charge in [0, 0.05) is 78.3 Å². The number of rotatable bonds is 20. The minimum absolute atomic E-state index is 0.0268. The average molecular weight is 1750 g/mol. The van der Waals surface area contributed by atoms with Crippen molar-refractivity contribution in [1.82, 2.24) is 97.0 Å². The van der Waals surface area contributed by atoms with Gasteiger partial charge in [-0.05, 0) is 135 Å². The van der Waals surface area contributed by atoms with Crippen LogP contribution in [0.4, 0.5) is 37.0 Å². The average Bonchev–Trinajstić information content (AvgIpc) is 1.60. The smallest absolute Gasteiger partial charge is 0.322 e. The van der Waals surface area contributed by atoms with E-state index in [4.69, 9.17) is 54.0 Å². The number of nitrogen functional groups attached to an aromatic ring is 1. The highest BCUT2D eigenvalue weighted by Crippen LogP contribution is 2.42. The third kappa shape index (κ3) is 14.8. The summed E-state index contributed by atoms with van der Waals surface area (Å²) in [7, 11) is 6.10. The second-order valence-electron chi connectivity index (χ2n) is 31.5. The maximum absolute atomic E-state index is 13.1. The predicted molar refractivity (Wildman–Crippen MR) is 443 cm³/mol. The molecule has 0 spiro atoms. The van der Waals surface area contributed by atoms with Crippen molar-refractivity contribution in [2.45, 2.75) is 94.0 Å². The first kappa shape index (κ1) is 81.9. The molecule has 12 N–H and O–H groups in total. The van der Waals surface area contributed by atoms with E-state index in [0.717, 1.165) is 35.1 Å². The van der Waals surface area contributed by atoms with Crippen LogP contribution in [-0.2, 0) is 67.5 Å². The van der Waals surface area contributed by atoms with Crippen molar-refractivity contribution in [3.05, 3.63) is 200 Å². The number of nitrogens with two attached hydrogens (primary N) is 1. The first-order valence-corrected chi connectivity index (χ1v) is 39.9. The predicted octanol–water partition coefficient (Wildman–Crippen LogP) is 6.23. The second-order valence-corrected chi connectivity index (χ2v) is 31.9. The number of furan rings is 4. The van der Waals surface area contributed by atoms with Crippen LogP contribution in [0.15, 0.2) is 139 Å². The number of aryl methyl sites for hydroxylation is 1. The van der Waals surface area contributed by atoms with Gasteiger partial charge < -0.3 is 93.9 Å². The van der Waals surface area contributed by atoms with Gasteiger partial charge in [-0.2, -0.15) is 15.0 Å². The molecule has 4 aromatic carbocycles. The number of imide groups is 4. The van der Waals surface area contributed by atoms with Crippen LogP contribution in [0.5, 0.6) is 23.0 Å². The van der Waals surface area contributed by atoms with Crippen molar-refractivity contribution in [1.29, 1.82) is 0 Å². The van der Waals surface area contributed by atoms with E-state index < -0.39 is 69.9 Å². The molecule has 127 heavy (non-hydrogen) atoms. The zero-order valence-corrected chi connectivity index (χ0v) is 69.1. The van der Waals surface area contributed by atoms with Gasteiger partial charge in [-0.1, -0.05) is 35.9 Å². The molecule has 0 bridgehead atoms. The number of hydrogen-bond donors (Lipinski definition) is 11. The van der Waals surface area contributed by atoms with Crippen LogP contribution >= 0.6 is 11.6 Å². The molecule has 4 atom stereocenters. The van der Waals surface area contributed by atoms with Crippen LogP contribution in [0.1, 0.15) is 119 Å². The first-order valence-electron chi connectivity index (χ1n) is 39.5. The van der Waals surface area contributed by atoms with E-state index >= 15 is 0 Å². The molecule has 12 aromatic rings. The highest BCUT2D eigenvalue weighted by molar-refractivity contribution is 6.30. The number of nitrogens with zero attached hydrogens (tertiary/aromatic N) is 11. The number of nitrogens with one attached hydrogen (secondary N) is 10. The van der Waals surface area contributed by atoms with Crippen LogP contribution < -0.4 is 77.8 Å². The number of pyridine rings is 1. The topological polar surface area (TPSA) is 544 Å². The number of carbonyl (C=O) groups excluding carboxylic acids is 12. The highest BCUT2D eigenvalue weighted by Gasteiger charge is 2.58. The van der Waals surface area contributed by atoms with Crippen molar-refractivity contribution in [3.63, 3.8) is 0 Å². The number of fused-ring (bicyclic) bond motifs is 8. The number of aromatic nitrogens is 7. The summed E-state index contributed by atoms with van der Waals surface area (Å²) in [6, 6.07) is 26.8. The van der Waals surface area contributed by atoms with E-state index in [1.807, 2.05) is 26.0 Å². The number of carbonyl (C=O) groups is 12. The Labute approximate surface area is 721 Å². The molecule has 42 nitrogen and oxygen atoms in total. The number of hydrogen-bond acceptors (Lipinski definition) is 30. The number of halogens is 1. The van der Waals surface area contributed by atoms with Gasteiger partial charge in [0.25, 0.3) is 47.3 Å². The van der Waals surface area contributed by atoms with Gasteiger partial charge in [-0.15, -0.1) is 0 Å². The molecule has 5 fully saturated rings. The van der Waals surface area contributed by atoms with Crippen LogP contribution in [0.25, 0.3) is 44.3 Å². The molecule has 1 saturated carbocycles. The number of methoxy groups -OCH3 is 4. The lowest BCUT2D eigenvalue weighted by molar-refractivity contribution is -0.126. The summed E-state index contributed by atoms with van der Waals surface area (Å²) in [5, 5.41) is 28.5. The molecule has 1 aliphatic carbocycles. The SMILES string of the molecule is COc1ccc2c(c1)C(=O)N(C[C@@]1(c3cc4c(C)nc(N)nc4o3)NC(=O)NC1=O)C2.COc1ccc2c(c1)C(=O)N(C[C@@]1(c3cc4cc(Cl)ncc4o3)NC(=O)NC1=O)C2.COc1ccc2c(c1)C(=O)N(C[C@@]1(c3cc4cnc(NC(C)C)nc4o3)NC(=O)NC1=O)C2.COc1ccc2c(c1)C(=O)N(C[C@@]1(c3cc4cnc(NC5CC5)nc4o3)NC(=O)NC1=O)C2. The Morgan fingerprint density at radius 1 is 0.441 bits per heavy atom. The summed E-state index contributed by atoms with van der Waals surface area (Å²) in [5.41, 5.74) is 6.20. The zero-order chi connectivity index (χ0) is 89.0. The quantitative estimate of drug-likeness (QED) is 0.0297. The van der Waals surface area contributed by atoms with Crippen molar-refractivity contribution >= 4 is 145 Å². The van der Waals surface area contributed by atoms with Gasteiger partial charge in [-0.3, -0.25) is 59.6 Å². The fourth-order valence-corrected chi connectivity index (χ4v) is 16.4. The van der Waals surface area contributed by atoms with E-state index in [1.165, 1.54) is 54.2 Å². The van der Waals surface area contributed by atoms with Crippen molar-refractivity contribution < 1.29 is 94.2 Å². The molecule has 8 aromatic heterocycles. The van der Waals surface area contributed by atoms with E-state index in [1.54, 1.807) is 110 Å². The maximum atomic E-state index is 13.1. The van der Waals surface area contributed by atoms with Crippen molar-refractivity contribution in [3.8, 4) is 23.0 Å². The largest absolute Gasteiger partial charge is 0.497 e. The number of anilines is 3. The molecule has 648 valence electrons. The molecular formula is C84H75ClN22O20. The van der Waals surface area contributed by atoms with Gasteiger partial charge in [-0.25, -0.2) is 39.1 Å². The number of benzene rings is 4. The fraction of sp³-hybridized carbons (Fsp3) is 0.274. The van der Waals surface area contributed by atoms with E-state index in [0.29, 0.717) is 103 Å². The lowest BCUT2D eigenvalue weighted by Gasteiger charge is -2.29. The summed E-state index contributed by atoms with van der Waals surface area (Å²) in [4.78, 5) is 188. The number of urea groups is 4. The van der Waals surface area contributed by atoms with Crippen LogP contribution in [0.2, 0.25) is 5.15 Å². The molecular weight excluding hydrogens is 1670 g/mol. The van der Waals surface area contributed by atoms with Gasteiger partial charge in [0.2, 0.25) is 35.0 Å². The van der Waals surface area contributed by atoms with E-state index in [-0.39, 0.29) is 127 Å². The Kier molecular flexibility index (Phi) is 20.2. The summed E-state index contributed by atoms with van der Waals surface area (Å²) >= 11 is 5.94. The number of amides is 16. The van der Waals surface area contributed by atoms with E-state index in [9.17, 15) is 57.5 Å². The normalized spacial score (nSPS) is 20.6. The molecule has 16 heterocycles. The standard InChI is InChI=1S/C22H20N6O5.C22H22N6O5.C20H15ClN4O5.C20H18N6O5/c1-32-14-5-2-11-9-28(18(29)15(11)7-14)10-22(19(30)26-21(31)27-22)16-6-12-8-23-20(24-13-3-4-13)25-17(12)33-16;1-11(2)24-20-23-8-13-6-16(33-17(13)25-20)22(19(30)26-21(31)27-22)10-28-9-12-4-5-14(32-3)7-15(12)18(28)29;1-29-12-3-2-10-8-25(17(26)13(10)6-12)9-20(18(27)23-19(28)24-20)15-4-11-5-16(21)22-7-14(11)30-15;1-9-12-6-14(31-15(12)23-18(21)22-9)20(17(28)24-19(29)25-20)8-26-7-10-3-4-11(30-2)5-13(10)16(26)27/h2,5-8,13H,3-4,9-10H2,1H3,(H,23,24,25)(H2,26,27,30,31);4-8,11H,9-10H2,1-3H3,(H,23,24,25)(H2,26,27,30,31);2-7H,8-9H2,1H3,(H2,23,24,27,28);3-6H,7-8H2,1-2H3,(H2,21,22,23)(H2,24,25,28,29)/t2*22-;2*20-/m0000/s1. The van der Waals surface area contributed by atoms with Crippen LogP contribution in [0, 0.1) is 6.92 Å². The maximum Gasteiger partial charge on any atom is 0.322 e. The Hall–Kier alpha value is -16.0. The van der Waals surface area contributed by atoms with Crippen LogP contribution in [-0.4, -0.2) is 193 Å². The van der Waals surface area contributed by atoms with Crippen LogP contribution in [0.3, 0.4) is 0 Å². The molecule has 8 aliphatic heterocycles. The molecule has 9 aliphatic rings. The first-order chi connectivity index (χ1) is 60.9. The third-order valence-electron chi connectivity index (χ3n) is 22.8. The second kappa shape index (κ2) is 31.4. The monoisotopic (exact) mass is 1750 g/mol. The summed E-state index contributed by atoms with van der Waals surface area (Å²) in [6.07, 6.45) is 6.75. The molecule has 0 radical (unpaired) electrons. The zero-order valence-electron chi connectivity index (χ0n) is 68.3. The number of ether oxygens (including phenoxy) is 4. The van der Waals surface area contributed by atoms with Crippen molar-refractivity contribution in [2.24, 2.45) is 0 Å². The third-order valence-corrected chi connectivity index (χ3v) is 23.0. The molecule has 4 saturated heterocycles. The van der Waals surface area contributed by atoms with Gasteiger partial charge in [0.05, 0.1) is 82.7 Å². The summed E-state index contributed by atoms with van der Waals surface area (Å²) < 4.78 is 44.4. The Morgan fingerprint density at radius 3 is 1.16 bits per heavy atom. The Balaban J connectivity index is 0.000000115. The highest BCUT2D eigenvalue weighted by atomic mass is 35.5. The lowest BCUT2D eigenvalue weighted by atomic mass is 9.95. The Bertz CT molecular complexity index is 6550. The summed E-state index contributed by atoms with van der Waals surface area (Å²) in [6.45, 7) is 6.29. The van der Waals surface area contributed by atoms with Gasteiger partial charge >= 0.3 is 24.1 Å². The lowest BCUT2D eigenvalue weighted by Crippen LogP contribution is -2.52. The minimum atomic E-state index is -1.62. The fourth-order valence-electron chi connectivity index (χ4n) is 16.3. The van der Waals surface area contributed by atoms with E-state index in [2.05, 4.69) is 88.1 Å². The molecule has 21 rings (SSSR count). The molecule has 16 amide bonds. The molecule has 0 unspecified atom stereocenters.